The number of anilines is 1. The number of Topliss-reactive ketones (excluding diaryl/α,β-unsaturated/α-hetero) is 1. The fourth-order valence-corrected chi connectivity index (χ4v) is 5.22. The maximum Gasteiger partial charge on any atom is 0.249 e. The van der Waals surface area contributed by atoms with Gasteiger partial charge in [-0.3, -0.25) is 19.3 Å². The van der Waals surface area contributed by atoms with Gasteiger partial charge in [0.1, 0.15) is 12.1 Å². The van der Waals surface area contributed by atoms with E-state index in [1.807, 2.05) is 54.2 Å². The fourth-order valence-electron chi connectivity index (χ4n) is 5.22. The second-order valence-electron chi connectivity index (χ2n) is 9.90. The van der Waals surface area contributed by atoms with Crippen molar-refractivity contribution in [2.45, 2.75) is 57.7 Å². The van der Waals surface area contributed by atoms with Crippen molar-refractivity contribution in [3.05, 3.63) is 78.1 Å². The summed E-state index contributed by atoms with van der Waals surface area (Å²) in [5.41, 5.74) is 3.00. The molecule has 2 aromatic heterocycles. The fraction of sp³-hybridized carbons (Fsp3) is 0.345. The van der Waals surface area contributed by atoms with Gasteiger partial charge in [-0.1, -0.05) is 48.7 Å². The molecule has 1 aliphatic carbocycles. The molecule has 2 heterocycles. The molecular formula is C29H32N6O3. The molecule has 0 radical (unpaired) electrons. The number of hydrogen-bond donors (Lipinski definition) is 1. The molecule has 4 aromatic rings. The highest BCUT2D eigenvalue weighted by Crippen LogP contribution is 2.30. The summed E-state index contributed by atoms with van der Waals surface area (Å²) in [7, 11) is 1.86. The zero-order chi connectivity index (χ0) is 26.6. The van der Waals surface area contributed by atoms with E-state index in [1.165, 1.54) is 18.2 Å². The maximum absolute atomic E-state index is 14.1. The molecule has 9 nitrogen and oxygen atoms in total. The van der Waals surface area contributed by atoms with Crippen molar-refractivity contribution in [3.8, 4) is 0 Å². The minimum absolute atomic E-state index is 0.0683. The van der Waals surface area contributed by atoms with E-state index in [0.717, 1.165) is 31.2 Å². The van der Waals surface area contributed by atoms with Crippen molar-refractivity contribution in [2.75, 3.05) is 4.90 Å². The molecule has 0 saturated heterocycles. The number of aromatic nitrogens is 4. The number of rotatable bonds is 8. The Labute approximate surface area is 221 Å². The van der Waals surface area contributed by atoms with Gasteiger partial charge in [0.2, 0.25) is 11.8 Å². The first-order chi connectivity index (χ1) is 18.4. The summed E-state index contributed by atoms with van der Waals surface area (Å²) < 4.78 is 3.39. The van der Waals surface area contributed by atoms with Gasteiger partial charge in [0.05, 0.1) is 11.2 Å². The van der Waals surface area contributed by atoms with Crippen LogP contribution >= 0.6 is 0 Å². The minimum atomic E-state index is -0.943. The molecule has 2 aromatic carbocycles. The molecule has 1 aliphatic rings. The Morgan fingerprint density at radius 3 is 2.55 bits per heavy atom. The van der Waals surface area contributed by atoms with Crippen molar-refractivity contribution in [2.24, 2.45) is 7.05 Å². The van der Waals surface area contributed by atoms with Crippen LogP contribution in [0.15, 0.2) is 66.9 Å². The monoisotopic (exact) mass is 512 g/mol. The van der Waals surface area contributed by atoms with E-state index < -0.39 is 6.04 Å². The lowest BCUT2D eigenvalue weighted by Crippen LogP contribution is -2.48. The molecule has 0 spiro atoms. The normalized spacial score (nSPS) is 14.8. The van der Waals surface area contributed by atoms with Gasteiger partial charge >= 0.3 is 0 Å². The number of ketones is 1. The third kappa shape index (κ3) is 5.22. The Bertz CT molecular complexity index is 1470. The number of carbonyl (C=O) groups is 3. The average Bonchev–Trinajstić information content (AvgIpc) is 3.53. The third-order valence-corrected chi connectivity index (χ3v) is 7.23. The van der Waals surface area contributed by atoms with Crippen LogP contribution in [0, 0.1) is 0 Å². The van der Waals surface area contributed by atoms with Gasteiger partial charge in [-0.15, -0.1) is 5.10 Å². The molecule has 1 atom stereocenters. The van der Waals surface area contributed by atoms with E-state index in [0.29, 0.717) is 22.5 Å². The standard InChI is InChI=1S/C29H32N6O3/c1-20(36)21-10-8-13-23(18-21)35(27(37)19-34-25-15-7-6-14-24(25)31-32-34)28(26-16-9-17-33(26)2)29(38)30-22-11-4-3-5-12-22/h6-10,13-18,22,28H,3-5,11-12,19H2,1-2H3,(H,30,38)/t28-/m1/s1. The lowest BCUT2D eigenvalue weighted by Gasteiger charge is -2.33. The summed E-state index contributed by atoms with van der Waals surface area (Å²) in [6.07, 6.45) is 7.01. The molecule has 1 N–H and O–H groups in total. The van der Waals surface area contributed by atoms with Crippen LogP contribution < -0.4 is 10.2 Å². The lowest BCUT2D eigenvalue weighted by atomic mass is 9.95. The van der Waals surface area contributed by atoms with Crippen LogP contribution in [0.4, 0.5) is 5.69 Å². The quantitative estimate of drug-likeness (QED) is 0.357. The number of para-hydroxylation sites is 1. The Morgan fingerprint density at radius 2 is 1.82 bits per heavy atom. The summed E-state index contributed by atoms with van der Waals surface area (Å²) in [6, 6.07) is 17.1. The Kier molecular flexibility index (Phi) is 7.35. The molecule has 0 aliphatic heterocycles. The van der Waals surface area contributed by atoms with E-state index in [2.05, 4.69) is 15.6 Å². The van der Waals surface area contributed by atoms with Crippen LogP contribution in [0.5, 0.6) is 0 Å². The molecule has 0 unspecified atom stereocenters. The topological polar surface area (TPSA) is 102 Å². The molecule has 1 saturated carbocycles. The number of aryl methyl sites for hydroxylation is 1. The van der Waals surface area contributed by atoms with Crippen LogP contribution in [0.3, 0.4) is 0 Å². The SMILES string of the molecule is CC(=O)c1cccc(N(C(=O)Cn2nnc3ccccc32)[C@@H](C(=O)NC2CCCCC2)c2cccn2C)c1. The second kappa shape index (κ2) is 11.0. The molecular weight excluding hydrogens is 480 g/mol. The predicted molar refractivity (Wildman–Crippen MR) is 145 cm³/mol. The first kappa shape index (κ1) is 25.4. The zero-order valence-corrected chi connectivity index (χ0v) is 21.7. The largest absolute Gasteiger partial charge is 0.352 e. The van der Waals surface area contributed by atoms with Gasteiger partial charge in [-0.25, -0.2) is 4.68 Å². The number of hydrogen-bond acceptors (Lipinski definition) is 5. The molecule has 9 heteroatoms. The average molecular weight is 513 g/mol. The van der Waals surface area contributed by atoms with Gasteiger partial charge in [-0.05, 0) is 56.2 Å². The van der Waals surface area contributed by atoms with Crippen molar-refractivity contribution in [1.82, 2.24) is 24.9 Å². The number of nitrogens with one attached hydrogen (secondary N) is 1. The number of nitrogens with zero attached hydrogens (tertiary/aromatic N) is 5. The Hall–Kier alpha value is -4.27. The third-order valence-electron chi connectivity index (χ3n) is 7.23. The molecule has 38 heavy (non-hydrogen) atoms. The summed E-state index contributed by atoms with van der Waals surface area (Å²) in [5, 5.41) is 11.6. The predicted octanol–water partition coefficient (Wildman–Crippen LogP) is 4.20. The van der Waals surface area contributed by atoms with Crippen LogP contribution in [0.2, 0.25) is 0 Å². The molecule has 2 amide bonds. The number of amides is 2. The van der Waals surface area contributed by atoms with E-state index in [4.69, 9.17) is 0 Å². The summed E-state index contributed by atoms with van der Waals surface area (Å²) in [6.45, 7) is 1.36. The first-order valence-electron chi connectivity index (χ1n) is 13.1. The summed E-state index contributed by atoms with van der Waals surface area (Å²) >= 11 is 0. The van der Waals surface area contributed by atoms with E-state index in [1.54, 1.807) is 28.9 Å². The number of fused-ring (bicyclic) bond motifs is 1. The van der Waals surface area contributed by atoms with Gasteiger partial charge in [-0.2, -0.15) is 0 Å². The van der Waals surface area contributed by atoms with Crippen molar-refractivity contribution in [3.63, 3.8) is 0 Å². The second-order valence-corrected chi connectivity index (χ2v) is 9.90. The highest BCUT2D eigenvalue weighted by molar-refractivity contribution is 6.03. The van der Waals surface area contributed by atoms with Gasteiger partial charge in [0.15, 0.2) is 11.8 Å². The summed E-state index contributed by atoms with van der Waals surface area (Å²) in [4.78, 5) is 41.9. The van der Waals surface area contributed by atoms with Crippen LogP contribution in [-0.4, -0.2) is 43.2 Å². The van der Waals surface area contributed by atoms with E-state index in [9.17, 15) is 14.4 Å². The van der Waals surface area contributed by atoms with Gasteiger partial charge in [0, 0.05) is 30.5 Å². The van der Waals surface area contributed by atoms with Crippen molar-refractivity contribution in [1.29, 1.82) is 0 Å². The van der Waals surface area contributed by atoms with Gasteiger partial charge < -0.3 is 9.88 Å². The Morgan fingerprint density at radius 1 is 1.03 bits per heavy atom. The van der Waals surface area contributed by atoms with Gasteiger partial charge in [0.25, 0.3) is 0 Å². The Balaban J connectivity index is 1.58. The molecule has 196 valence electrons. The lowest BCUT2D eigenvalue weighted by molar-refractivity contribution is -0.127. The van der Waals surface area contributed by atoms with Crippen molar-refractivity contribution >= 4 is 34.3 Å². The van der Waals surface area contributed by atoms with Crippen LogP contribution in [-0.2, 0) is 23.2 Å². The van der Waals surface area contributed by atoms with Crippen LogP contribution in [0.25, 0.3) is 11.0 Å². The zero-order valence-electron chi connectivity index (χ0n) is 21.7. The maximum atomic E-state index is 14.1. The number of carbonyl (C=O) groups excluding carboxylic acids is 3. The minimum Gasteiger partial charge on any atom is -0.352 e. The summed E-state index contributed by atoms with van der Waals surface area (Å²) in [5.74, 6) is -0.710. The van der Waals surface area contributed by atoms with Crippen LogP contribution in [0.1, 0.15) is 61.1 Å². The molecule has 1 fully saturated rings. The smallest absolute Gasteiger partial charge is 0.249 e. The van der Waals surface area contributed by atoms with E-state index in [-0.39, 0.29) is 30.2 Å². The molecule has 0 bridgehead atoms. The first-order valence-corrected chi connectivity index (χ1v) is 13.1. The van der Waals surface area contributed by atoms with E-state index >= 15 is 0 Å². The molecule has 5 rings (SSSR count). The van der Waals surface area contributed by atoms with Crippen molar-refractivity contribution < 1.29 is 14.4 Å². The highest BCUT2D eigenvalue weighted by Gasteiger charge is 2.36. The number of benzene rings is 2. The highest BCUT2D eigenvalue weighted by atomic mass is 16.2.